The molecular weight excluding hydrogens is 254 g/mol. The normalized spacial score (nSPS) is 11.3. The maximum absolute atomic E-state index is 13.5. The van der Waals surface area contributed by atoms with E-state index in [9.17, 15) is 8.78 Å². The molecule has 0 unspecified atom stereocenters. The number of thiazole rings is 1. The molecule has 0 atom stereocenters. The van der Waals surface area contributed by atoms with Crippen molar-refractivity contribution in [1.82, 2.24) is 4.98 Å². The van der Waals surface area contributed by atoms with E-state index in [1.807, 2.05) is 18.4 Å². The Hall–Kier alpha value is -2.06. The van der Waals surface area contributed by atoms with Crippen LogP contribution in [0.2, 0.25) is 0 Å². The third kappa shape index (κ3) is 2.60. The second-order valence-corrected chi connectivity index (χ2v) is 4.49. The second kappa shape index (κ2) is 5.07. The monoisotopic (exact) mass is 262 g/mol. The Kier molecular flexibility index (Phi) is 3.49. The first-order valence-electron chi connectivity index (χ1n) is 5.09. The molecule has 0 aliphatic carbocycles. The summed E-state index contributed by atoms with van der Waals surface area (Å²) in [4.78, 5) is 4.16. The molecule has 2 aromatic rings. The number of aryl methyl sites for hydroxylation is 1. The number of nitrogens with zero attached hydrogens (tertiary/aromatic N) is 2. The molecule has 0 saturated heterocycles. The lowest BCUT2D eigenvalue weighted by atomic mass is 10.1. The number of hydrogen-bond donors (Lipinski definition) is 0. The van der Waals surface area contributed by atoms with Crippen LogP contribution in [0.4, 0.5) is 8.78 Å². The van der Waals surface area contributed by atoms with E-state index >= 15 is 0 Å². The van der Waals surface area contributed by atoms with E-state index in [2.05, 4.69) is 4.98 Å². The number of benzene rings is 1. The van der Waals surface area contributed by atoms with E-state index in [-0.39, 0.29) is 11.1 Å². The first-order chi connectivity index (χ1) is 8.60. The lowest BCUT2D eigenvalue weighted by Crippen LogP contribution is -1.87. The first-order valence-corrected chi connectivity index (χ1v) is 5.97. The molecule has 0 aliphatic heterocycles. The molecule has 90 valence electrons. The van der Waals surface area contributed by atoms with Crippen LogP contribution in [0, 0.1) is 29.9 Å². The van der Waals surface area contributed by atoms with Crippen molar-refractivity contribution in [3.8, 4) is 6.07 Å². The molecular formula is C13H8F2N2S. The molecule has 0 fully saturated rings. The number of allylic oxidation sites excluding steroid dienone is 1. The van der Waals surface area contributed by atoms with Gasteiger partial charge in [0.1, 0.15) is 22.7 Å². The number of nitriles is 1. The van der Waals surface area contributed by atoms with Crippen molar-refractivity contribution in [2.75, 3.05) is 0 Å². The fourth-order valence-corrected chi connectivity index (χ4v) is 2.16. The predicted octanol–water partition coefficient (Wildman–Crippen LogP) is 3.79. The van der Waals surface area contributed by atoms with Gasteiger partial charge in [-0.25, -0.2) is 13.8 Å². The topological polar surface area (TPSA) is 36.7 Å². The molecule has 0 bridgehead atoms. The van der Waals surface area contributed by atoms with E-state index in [4.69, 9.17) is 5.26 Å². The Morgan fingerprint density at radius 2 is 2.22 bits per heavy atom. The van der Waals surface area contributed by atoms with Crippen molar-refractivity contribution in [1.29, 1.82) is 5.26 Å². The molecule has 0 aliphatic rings. The molecule has 0 radical (unpaired) electrons. The molecule has 18 heavy (non-hydrogen) atoms. The maximum Gasteiger partial charge on any atom is 0.134 e. The standard InChI is InChI=1S/C13H8F2N2S/c1-8-7-18-13(17-8)10(6-16)4-9-2-3-11(14)5-12(9)15/h2-5,7H,1H3. The number of hydrogen-bond acceptors (Lipinski definition) is 3. The molecule has 1 aromatic carbocycles. The molecule has 0 amide bonds. The van der Waals surface area contributed by atoms with Gasteiger partial charge in [0, 0.05) is 22.7 Å². The summed E-state index contributed by atoms with van der Waals surface area (Å²) in [7, 11) is 0. The van der Waals surface area contributed by atoms with Gasteiger partial charge in [-0.05, 0) is 25.1 Å². The van der Waals surface area contributed by atoms with Crippen LogP contribution in [0.25, 0.3) is 11.6 Å². The summed E-state index contributed by atoms with van der Waals surface area (Å²) in [5.74, 6) is -1.34. The Bertz CT molecular complexity index is 653. The summed E-state index contributed by atoms with van der Waals surface area (Å²) in [6, 6.07) is 5.20. The summed E-state index contributed by atoms with van der Waals surface area (Å²) < 4.78 is 26.2. The van der Waals surface area contributed by atoms with E-state index < -0.39 is 11.6 Å². The molecule has 0 saturated carbocycles. The molecule has 0 N–H and O–H groups in total. The smallest absolute Gasteiger partial charge is 0.134 e. The summed E-state index contributed by atoms with van der Waals surface area (Å²) in [6.07, 6.45) is 1.37. The zero-order valence-corrected chi connectivity index (χ0v) is 10.3. The van der Waals surface area contributed by atoms with Crippen LogP contribution in [0.1, 0.15) is 16.3 Å². The minimum Gasteiger partial charge on any atom is -0.241 e. The zero-order chi connectivity index (χ0) is 13.1. The molecule has 1 aromatic heterocycles. The fourth-order valence-electron chi connectivity index (χ4n) is 1.39. The van der Waals surface area contributed by atoms with Gasteiger partial charge in [-0.15, -0.1) is 11.3 Å². The van der Waals surface area contributed by atoms with Gasteiger partial charge in [0.05, 0.1) is 5.57 Å². The quantitative estimate of drug-likeness (QED) is 0.772. The van der Waals surface area contributed by atoms with E-state index in [0.29, 0.717) is 5.01 Å². The van der Waals surface area contributed by atoms with Crippen LogP contribution in [0.5, 0.6) is 0 Å². The van der Waals surface area contributed by atoms with Crippen LogP contribution in [0.15, 0.2) is 23.6 Å². The average molecular weight is 262 g/mol. The molecule has 5 heteroatoms. The van der Waals surface area contributed by atoms with Gasteiger partial charge in [-0.2, -0.15) is 5.26 Å². The zero-order valence-electron chi connectivity index (χ0n) is 9.45. The van der Waals surface area contributed by atoms with Crippen LogP contribution in [-0.4, -0.2) is 4.98 Å². The highest BCUT2D eigenvalue weighted by molar-refractivity contribution is 7.11. The molecule has 0 spiro atoms. The van der Waals surface area contributed by atoms with Gasteiger partial charge in [-0.1, -0.05) is 0 Å². The fraction of sp³-hybridized carbons (Fsp3) is 0.0769. The number of halogens is 2. The van der Waals surface area contributed by atoms with Crippen LogP contribution in [-0.2, 0) is 0 Å². The minimum atomic E-state index is -0.698. The van der Waals surface area contributed by atoms with E-state index in [1.165, 1.54) is 23.5 Å². The maximum atomic E-state index is 13.5. The van der Waals surface area contributed by atoms with Crippen molar-refractivity contribution < 1.29 is 8.78 Å². The summed E-state index contributed by atoms with van der Waals surface area (Å²) in [6.45, 7) is 1.81. The molecule has 1 heterocycles. The van der Waals surface area contributed by atoms with Gasteiger partial charge >= 0.3 is 0 Å². The van der Waals surface area contributed by atoms with Gasteiger partial charge in [-0.3, -0.25) is 0 Å². The lowest BCUT2D eigenvalue weighted by molar-refractivity contribution is 0.581. The number of rotatable bonds is 2. The minimum absolute atomic E-state index is 0.167. The van der Waals surface area contributed by atoms with E-state index in [1.54, 1.807) is 0 Å². The second-order valence-electron chi connectivity index (χ2n) is 3.63. The SMILES string of the molecule is Cc1csc(C(C#N)=Cc2ccc(F)cc2F)n1. The van der Waals surface area contributed by atoms with Crippen LogP contribution in [0.3, 0.4) is 0 Å². The first kappa shape index (κ1) is 12.4. The van der Waals surface area contributed by atoms with Crippen LogP contribution < -0.4 is 0 Å². The van der Waals surface area contributed by atoms with Gasteiger partial charge < -0.3 is 0 Å². The third-order valence-electron chi connectivity index (χ3n) is 2.23. The van der Waals surface area contributed by atoms with Crippen molar-refractivity contribution in [3.05, 3.63) is 51.5 Å². The third-order valence-corrected chi connectivity index (χ3v) is 3.23. The summed E-state index contributed by atoms with van der Waals surface area (Å²) >= 11 is 1.31. The van der Waals surface area contributed by atoms with Crippen molar-refractivity contribution in [2.45, 2.75) is 6.92 Å². The summed E-state index contributed by atoms with van der Waals surface area (Å²) in [5, 5.41) is 11.4. The highest BCUT2D eigenvalue weighted by Crippen LogP contribution is 2.22. The number of aromatic nitrogens is 1. The average Bonchev–Trinajstić information content (AvgIpc) is 2.75. The molecule has 2 nitrogen and oxygen atoms in total. The Morgan fingerprint density at radius 1 is 1.44 bits per heavy atom. The predicted molar refractivity (Wildman–Crippen MR) is 66.7 cm³/mol. The van der Waals surface area contributed by atoms with Crippen molar-refractivity contribution in [2.24, 2.45) is 0 Å². The Labute approximate surface area is 107 Å². The Morgan fingerprint density at radius 3 is 2.78 bits per heavy atom. The Balaban J connectivity index is 2.45. The highest BCUT2D eigenvalue weighted by Gasteiger charge is 2.08. The van der Waals surface area contributed by atoms with Crippen molar-refractivity contribution in [3.63, 3.8) is 0 Å². The summed E-state index contributed by atoms with van der Waals surface area (Å²) in [5.41, 5.74) is 1.23. The lowest BCUT2D eigenvalue weighted by Gasteiger charge is -1.98. The van der Waals surface area contributed by atoms with Gasteiger partial charge in [0.15, 0.2) is 0 Å². The van der Waals surface area contributed by atoms with Gasteiger partial charge in [0.25, 0.3) is 0 Å². The van der Waals surface area contributed by atoms with Crippen molar-refractivity contribution >= 4 is 23.0 Å². The van der Waals surface area contributed by atoms with Gasteiger partial charge in [0.2, 0.25) is 0 Å². The van der Waals surface area contributed by atoms with E-state index in [0.717, 1.165) is 17.8 Å². The molecule has 2 rings (SSSR count). The van der Waals surface area contributed by atoms with Crippen LogP contribution >= 0.6 is 11.3 Å². The largest absolute Gasteiger partial charge is 0.241 e. The highest BCUT2D eigenvalue weighted by atomic mass is 32.1.